The van der Waals surface area contributed by atoms with Gasteiger partial charge in [-0.05, 0) is 51.3 Å². The van der Waals surface area contributed by atoms with Crippen molar-refractivity contribution in [3.8, 4) is 10.6 Å². The summed E-state index contributed by atoms with van der Waals surface area (Å²) in [6, 6.07) is 3.53. The van der Waals surface area contributed by atoms with Crippen LogP contribution in [0.3, 0.4) is 0 Å². The Morgan fingerprint density at radius 1 is 1.21 bits per heavy atom. The minimum atomic E-state index is -0.828. The molecule has 5 heterocycles. The number of thiazole rings is 1. The minimum absolute atomic E-state index is 0. The summed E-state index contributed by atoms with van der Waals surface area (Å²) < 4.78 is 14.9. The molecule has 0 unspecified atom stereocenters. The third-order valence-electron chi connectivity index (χ3n) is 6.98. The van der Waals surface area contributed by atoms with Crippen molar-refractivity contribution in [1.29, 1.82) is 0 Å². The molecule has 0 saturated carbocycles. The number of aromatic nitrogens is 2. The molecule has 2 fully saturated rings. The summed E-state index contributed by atoms with van der Waals surface area (Å²) in [5.74, 6) is -2.22. The number of nitrogens with zero attached hydrogens (tertiary/aromatic N) is 4. The minimum Gasteiger partial charge on any atom is -0.481 e. The summed E-state index contributed by atoms with van der Waals surface area (Å²) in [5, 5.41) is 14.9. The number of thiophene rings is 1. The van der Waals surface area contributed by atoms with Crippen LogP contribution < -0.4 is 10.2 Å². The summed E-state index contributed by atoms with van der Waals surface area (Å²) in [7, 11) is 0. The zero-order valence-corrected chi connectivity index (χ0v) is 25.1. The number of hydrogen-bond donors (Lipinski definition) is 2. The van der Waals surface area contributed by atoms with Gasteiger partial charge in [-0.1, -0.05) is 22.9 Å². The van der Waals surface area contributed by atoms with Gasteiger partial charge in [-0.25, -0.2) is 14.4 Å². The molecule has 5 rings (SSSR count). The van der Waals surface area contributed by atoms with Gasteiger partial charge in [0, 0.05) is 42.1 Å². The Kier molecular flexibility index (Phi) is 11.0. The van der Waals surface area contributed by atoms with E-state index < -0.39 is 23.6 Å². The number of hydrogen-bond acceptors (Lipinski definition) is 8. The first kappa shape index (κ1) is 31.5. The molecule has 1 atom stereocenters. The Bertz CT molecular complexity index is 1320. The molecule has 2 saturated heterocycles. The molecule has 2 aliphatic rings. The predicted octanol–water partition coefficient (Wildman–Crippen LogP) is 6.44. The first-order chi connectivity index (χ1) is 17.8. The fourth-order valence-electron chi connectivity index (χ4n) is 4.85. The van der Waals surface area contributed by atoms with Crippen molar-refractivity contribution in [3.05, 3.63) is 45.0 Å². The normalized spacial score (nSPS) is 17.9. The highest BCUT2D eigenvalue weighted by atomic mass is 35.5. The van der Waals surface area contributed by atoms with Gasteiger partial charge in [0.1, 0.15) is 0 Å². The number of anilines is 2. The predicted molar refractivity (Wildman–Crippen MR) is 159 cm³/mol. The Morgan fingerprint density at radius 3 is 2.54 bits per heavy atom. The van der Waals surface area contributed by atoms with E-state index in [2.05, 4.69) is 22.1 Å². The lowest BCUT2D eigenvalue weighted by Gasteiger charge is -2.31. The van der Waals surface area contributed by atoms with Crippen LogP contribution in [0.4, 0.5) is 15.3 Å². The van der Waals surface area contributed by atoms with Gasteiger partial charge in [0.05, 0.1) is 27.1 Å². The average molecular weight is 637 g/mol. The molecule has 39 heavy (non-hydrogen) atoms. The van der Waals surface area contributed by atoms with Crippen LogP contribution in [0.15, 0.2) is 23.7 Å². The lowest BCUT2D eigenvalue weighted by molar-refractivity contribution is -0.142. The van der Waals surface area contributed by atoms with Crippen LogP contribution in [0.2, 0.25) is 5.02 Å². The van der Waals surface area contributed by atoms with Crippen LogP contribution in [0, 0.1) is 11.7 Å². The lowest BCUT2D eigenvalue weighted by Crippen LogP contribution is -2.37. The number of carbonyl (C=O) groups is 2. The number of nitrogens with one attached hydrogen (secondary N) is 1. The van der Waals surface area contributed by atoms with Gasteiger partial charge in [-0.15, -0.1) is 36.2 Å². The SMILES string of the molecule is C[C@@H]1CCCN1Cc1sc(NC(=O)c2cnc(N3CCC(C(=O)O)CC3)c(F)c2)nc1-c1cc(Cl)cs1.Cl.Cl. The Hall–Kier alpha value is -2.02. The molecule has 1 amide bonds. The maximum Gasteiger partial charge on any atom is 0.306 e. The van der Waals surface area contributed by atoms with Crippen molar-refractivity contribution in [2.45, 2.75) is 45.2 Å². The van der Waals surface area contributed by atoms with Crippen LogP contribution in [-0.2, 0) is 11.3 Å². The van der Waals surface area contributed by atoms with E-state index in [1.807, 2.05) is 11.4 Å². The highest BCUT2D eigenvalue weighted by Crippen LogP contribution is 2.38. The largest absolute Gasteiger partial charge is 0.481 e. The molecular weight excluding hydrogens is 608 g/mol. The van der Waals surface area contributed by atoms with Crippen LogP contribution in [0.1, 0.15) is 47.8 Å². The summed E-state index contributed by atoms with van der Waals surface area (Å²) in [4.78, 5) is 39.2. The number of rotatable bonds is 7. The van der Waals surface area contributed by atoms with E-state index in [-0.39, 0.29) is 36.2 Å². The van der Waals surface area contributed by atoms with Gasteiger partial charge < -0.3 is 10.0 Å². The summed E-state index contributed by atoms with van der Waals surface area (Å²) in [6.45, 7) is 4.79. The number of halogens is 4. The average Bonchev–Trinajstić information content (AvgIpc) is 3.59. The maximum absolute atomic E-state index is 14.9. The highest BCUT2D eigenvalue weighted by molar-refractivity contribution is 7.17. The van der Waals surface area contributed by atoms with E-state index in [0.717, 1.165) is 41.4 Å². The fourth-order valence-corrected chi connectivity index (χ4v) is 7.00. The van der Waals surface area contributed by atoms with Crippen LogP contribution in [0.5, 0.6) is 0 Å². The lowest BCUT2D eigenvalue weighted by atomic mass is 9.97. The molecule has 2 aliphatic heterocycles. The zero-order valence-electron chi connectivity index (χ0n) is 21.1. The van der Waals surface area contributed by atoms with Crippen molar-refractivity contribution in [3.63, 3.8) is 0 Å². The van der Waals surface area contributed by atoms with Crippen molar-refractivity contribution in [2.24, 2.45) is 5.92 Å². The molecule has 2 N–H and O–H groups in total. The highest BCUT2D eigenvalue weighted by Gasteiger charge is 2.28. The van der Waals surface area contributed by atoms with Crippen molar-refractivity contribution >= 4 is 81.9 Å². The Balaban J connectivity index is 0.00000210. The van der Waals surface area contributed by atoms with Gasteiger partial charge in [-0.3, -0.25) is 19.8 Å². The van der Waals surface area contributed by atoms with Crippen LogP contribution in [-0.4, -0.2) is 57.5 Å². The molecule has 3 aromatic rings. The molecule has 212 valence electrons. The molecule has 0 aliphatic carbocycles. The third kappa shape index (κ3) is 7.20. The standard InChI is InChI=1S/C25H27ClFN5O3S2.2ClH/c1-14-3-2-6-32(14)12-20-21(19-10-17(26)13-36-19)29-25(37-20)30-23(33)16-9-18(27)22(28-11-16)31-7-4-15(5-8-31)24(34)35;;/h9-11,13-15H,2-8,12H2,1H3,(H,34,35)(H,29,30,33);2*1H/t14-;;/m1../s1. The summed E-state index contributed by atoms with van der Waals surface area (Å²) in [6.07, 6.45) is 4.53. The van der Waals surface area contributed by atoms with Gasteiger partial charge in [-0.2, -0.15) is 0 Å². The second kappa shape index (κ2) is 13.6. The number of carboxylic acids is 1. The van der Waals surface area contributed by atoms with E-state index in [1.54, 1.807) is 4.90 Å². The van der Waals surface area contributed by atoms with Gasteiger partial charge in [0.25, 0.3) is 5.91 Å². The fraction of sp³-hybridized carbons (Fsp3) is 0.440. The van der Waals surface area contributed by atoms with Crippen molar-refractivity contribution in [1.82, 2.24) is 14.9 Å². The number of pyridine rings is 1. The number of carbonyl (C=O) groups excluding carboxylic acids is 1. The molecule has 14 heteroatoms. The van der Waals surface area contributed by atoms with Crippen molar-refractivity contribution in [2.75, 3.05) is 29.9 Å². The molecule has 0 bridgehead atoms. The number of aliphatic carboxylic acids is 1. The van der Waals surface area contributed by atoms with Gasteiger partial charge in [0.2, 0.25) is 0 Å². The van der Waals surface area contributed by atoms with E-state index in [0.29, 0.717) is 42.1 Å². The first-order valence-electron chi connectivity index (χ1n) is 12.2. The second-order valence-electron chi connectivity index (χ2n) is 9.46. The third-order valence-corrected chi connectivity index (χ3v) is 9.22. The Labute approximate surface area is 251 Å². The van der Waals surface area contributed by atoms with Crippen LogP contribution >= 0.6 is 59.1 Å². The number of carboxylic acid groups (broad SMARTS) is 1. The second-order valence-corrected chi connectivity index (χ2v) is 11.9. The maximum atomic E-state index is 14.9. The van der Waals surface area contributed by atoms with E-state index in [1.165, 1.54) is 34.9 Å². The molecule has 0 radical (unpaired) electrons. The van der Waals surface area contributed by atoms with E-state index >= 15 is 0 Å². The molecule has 3 aromatic heterocycles. The Morgan fingerprint density at radius 2 is 1.95 bits per heavy atom. The topological polar surface area (TPSA) is 98.7 Å². The monoisotopic (exact) mass is 635 g/mol. The smallest absolute Gasteiger partial charge is 0.306 e. The van der Waals surface area contributed by atoms with Gasteiger partial charge in [0.15, 0.2) is 16.8 Å². The zero-order chi connectivity index (χ0) is 26.1. The van der Waals surface area contributed by atoms with E-state index in [4.69, 9.17) is 16.6 Å². The van der Waals surface area contributed by atoms with E-state index in [9.17, 15) is 19.1 Å². The van der Waals surface area contributed by atoms with Gasteiger partial charge >= 0.3 is 5.97 Å². The number of amides is 1. The number of piperidine rings is 1. The summed E-state index contributed by atoms with van der Waals surface area (Å²) in [5.41, 5.74) is 0.896. The molecule has 0 spiro atoms. The van der Waals surface area contributed by atoms with Crippen molar-refractivity contribution < 1.29 is 19.1 Å². The van der Waals surface area contributed by atoms with Crippen LogP contribution in [0.25, 0.3) is 10.6 Å². The number of likely N-dealkylation sites (tertiary alicyclic amines) is 1. The quantitative estimate of drug-likeness (QED) is 0.308. The molecular formula is C25H29Cl3FN5O3S2. The molecule has 8 nitrogen and oxygen atoms in total. The molecule has 0 aromatic carbocycles. The summed E-state index contributed by atoms with van der Waals surface area (Å²) >= 11 is 9.09. The first-order valence-corrected chi connectivity index (χ1v) is 14.3.